The van der Waals surface area contributed by atoms with Crippen LogP contribution in [0, 0.1) is 6.92 Å². The summed E-state index contributed by atoms with van der Waals surface area (Å²) in [6, 6.07) is 1.86. The van der Waals surface area contributed by atoms with Crippen LogP contribution in [0.15, 0.2) is 11.4 Å². The van der Waals surface area contributed by atoms with Crippen LogP contribution in [-0.2, 0) is 0 Å². The number of carboxylic acid groups (broad SMARTS) is 1. The number of nitrogens with two attached hydrogens (primary N) is 1. The van der Waals surface area contributed by atoms with E-state index < -0.39 is 5.97 Å². The van der Waals surface area contributed by atoms with Crippen molar-refractivity contribution in [2.24, 2.45) is 5.84 Å². The van der Waals surface area contributed by atoms with Crippen molar-refractivity contribution in [1.29, 1.82) is 0 Å². The fraction of sp³-hybridized carbons (Fsp3) is 0.111. The fourth-order valence-electron chi connectivity index (χ4n) is 1.47. The van der Waals surface area contributed by atoms with Crippen LogP contribution in [0.1, 0.15) is 16.1 Å². The Balaban J connectivity index is 2.84. The van der Waals surface area contributed by atoms with Crippen molar-refractivity contribution in [2.45, 2.75) is 6.92 Å². The molecule has 0 fully saturated rings. The molecule has 5 nitrogen and oxygen atoms in total. The lowest BCUT2D eigenvalue weighted by Crippen LogP contribution is -2.12. The second-order valence-electron chi connectivity index (χ2n) is 3.05. The Labute approximate surface area is 89.5 Å². The highest BCUT2D eigenvalue weighted by Crippen LogP contribution is 2.30. The third kappa shape index (κ3) is 1.43. The standard InChI is InChI=1S/C9H9N3O2S/c1-4-6(9(13)14)11-8(12-10)5-2-3-15-7(4)5/h2-3H,10H2,1H3,(H,11,12)(H,13,14). The van der Waals surface area contributed by atoms with Crippen molar-refractivity contribution < 1.29 is 9.90 Å². The minimum atomic E-state index is -1.04. The summed E-state index contributed by atoms with van der Waals surface area (Å²) < 4.78 is 0.898. The zero-order valence-corrected chi connectivity index (χ0v) is 8.76. The van der Waals surface area contributed by atoms with Gasteiger partial charge in [0, 0.05) is 15.6 Å². The molecule has 2 heterocycles. The first-order chi connectivity index (χ1) is 7.15. The molecule has 4 N–H and O–H groups in total. The smallest absolute Gasteiger partial charge is 0.354 e. The first kappa shape index (κ1) is 9.88. The summed E-state index contributed by atoms with van der Waals surface area (Å²) in [6.07, 6.45) is 0. The number of nitrogens with one attached hydrogen (secondary N) is 1. The molecule has 0 unspecified atom stereocenters. The van der Waals surface area contributed by atoms with Crippen LogP contribution in [0.25, 0.3) is 10.1 Å². The lowest BCUT2D eigenvalue weighted by atomic mass is 10.1. The Bertz CT molecular complexity index is 535. The molecule has 78 valence electrons. The molecule has 0 atom stereocenters. The van der Waals surface area contributed by atoms with Gasteiger partial charge < -0.3 is 10.5 Å². The third-order valence-corrected chi connectivity index (χ3v) is 3.21. The van der Waals surface area contributed by atoms with E-state index in [1.807, 2.05) is 11.4 Å². The van der Waals surface area contributed by atoms with Gasteiger partial charge in [-0.05, 0) is 18.4 Å². The van der Waals surface area contributed by atoms with Gasteiger partial charge in [-0.15, -0.1) is 11.3 Å². The maximum Gasteiger partial charge on any atom is 0.354 e. The zero-order valence-electron chi connectivity index (χ0n) is 7.94. The molecule has 15 heavy (non-hydrogen) atoms. The average molecular weight is 223 g/mol. The molecule has 0 saturated carbocycles. The second-order valence-corrected chi connectivity index (χ2v) is 3.96. The molecule has 6 heteroatoms. The maximum absolute atomic E-state index is 10.9. The van der Waals surface area contributed by atoms with Crippen molar-refractivity contribution in [2.75, 3.05) is 5.43 Å². The van der Waals surface area contributed by atoms with E-state index in [0.29, 0.717) is 11.4 Å². The Kier molecular flexibility index (Phi) is 2.29. The summed E-state index contributed by atoms with van der Waals surface area (Å²) in [4.78, 5) is 14.9. The normalized spacial score (nSPS) is 10.5. The van der Waals surface area contributed by atoms with Crippen LogP contribution in [0.3, 0.4) is 0 Å². The van der Waals surface area contributed by atoms with Crippen LogP contribution in [-0.4, -0.2) is 16.1 Å². The number of aromatic carboxylic acids is 1. The number of rotatable bonds is 2. The number of fused-ring (bicyclic) bond motifs is 1. The van der Waals surface area contributed by atoms with Crippen LogP contribution in [0.5, 0.6) is 0 Å². The molecule has 0 saturated heterocycles. The van der Waals surface area contributed by atoms with Gasteiger partial charge >= 0.3 is 5.97 Å². The number of nitrogen functional groups attached to an aromatic ring is 1. The zero-order chi connectivity index (χ0) is 11.0. The van der Waals surface area contributed by atoms with Gasteiger partial charge in [-0.25, -0.2) is 15.6 Å². The second kappa shape index (κ2) is 3.48. The largest absolute Gasteiger partial charge is 0.477 e. The van der Waals surface area contributed by atoms with Crippen molar-refractivity contribution in [3.63, 3.8) is 0 Å². The summed E-state index contributed by atoms with van der Waals surface area (Å²) in [5, 5.41) is 11.7. The summed E-state index contributed by atoms with van der Waals surface area (Å²) in [5.41, 5.74) is 3.12. The molecule has 0 spiro atoms. The molecule has 0 amide bonds. The van der Waals surface area contributed by atoms with E-state index in [1.54, 1.807) is 6.92 Å². The molecule has 0 bridgehead atoms. The van der Waals surface area contributed by atoms with Gasteiger partial charge in [-0.2, -0.15) is 0 Å². The molecule has 0 aliphatic rings. The topological polar surface area (TPSA) is 88.2 Å². The summed E-state index contributed by atoms with van der Waals surface area (Å²) in [5.74, 6) is 4.65. The lowest BCUT2D eigenvalue weighted by molar-refractivity contribution is 0.0690. The molecule has 2 aromatic rings. The van der Waals surface area contributed by atoms with Gasteiger partial charge in [0.25, 0.3) is 0 Å². The van der Waals surface area contributed by atoms with Gasteiger partial charge in [0.2, 0.25) is 0 Å². The maximum atomic E-state index is 10.9. The molecular formula is C9H9N3O2S. The van der Waals surface area contributed by atoms with Gasteiger partial charge in [0.1, 0.15) is 5.82 Å². The number of carboxylic acids is 1. The number of nitrogens with zero attached hydrogens (tertiary/aromatic N) is 1. The van der Waals surface area contributed by atoms with E-state index >= 15 is 0 Å². The Morgan fingerprint density at radius 2 is 2.40 bits per heavy atom. The van der Waals surface area contributed by atoms with Gasteiger partial charge in [-0.1, -0.05) is 0 Å². The van der Waals surface area contributed by atoms with E-state index in [9.17, 15) is 4.79 Å². The highest BCUT2D eigenvalue weighted by atomic mass is 32.1. The number of hydrogen-bond acceptors (Lipinski definition) is 5. The van der Waals surface area contributed by atoms with Crippen LogP contribution in [0.2, 0.25) is 0 Å². The number of thiophene rings is 1. The Morgan fingerprint density at radius 3 is 3.00 bits per heavy atom. The number of hydrazine groups is 1. The van der Waals surface area contributed by atoms with E-state index in [-0.39, 0.29) is 5.69 Å². The summed E-state index contributed by atoms with van der Waals surface area (Å²) in [7, 11) is 0. The number of hydrogen-bond donors (Lipinski definition) is 3. The monoisotopic (exact) mass is 223 g/mol. The van der Waals surface area contributed by atoms with Gasteiger partial charge in [0.15, 0.2) is 5.69 Å². The van der Waals surface area contributed by atoms with Crippen LogP contribution >= 0.6 is 11.3 Å². The predicted molar refractivity (Wildman–Crippen MR) is 59.1 cm³/mol. The highest BCUT2D eigenvalue weighted by Gasteiger charge is 2.15. The predicted octanol–water partition coefficient (Wildman–Crippen LogP) is 1.59. The number of aryl methyl sites for hydroxylation is 1. The number of anilines is 1. The molecule has 0 aliphatic carbocycles. The van der Waals surface area contributed by atoms with E-state index in [4.69, 9.17) is 10.9 Å². The highest BCUT2D eigenvalue weighted by molar-refractivity contribution is 7.17. The first-order valence-corrected chi connectivity index (χ1v) is 5.11. The Hall–Kier alpha value is -1.66. The molecule has 2 rings (SSSR count). The van der Waals surface area contributed by atoms with E-state index in [0.717, 1.165) is 10.1 Å². The van der Waals surface area contributed by atoms with Crippen LogP contribution in [0.4, 0.5) is 5.82 Å². The van der Waals surface area contributed by atoms with Gasteiger partial charge in [0.05, 0.1) is 0 Å². The molecule has 2 aromatic heterocycles. The van der Waals surface area contributed by atoms with Crippen molar-refractivity contribution in [1.82, 2.24) is 4.98 Å². The van der Waals surface area contributed by atoms with Gasteiger partial charge in [-0.3, -0.25) is 0 Å². The summed E-state index contributed by atoms with van der Waals surface area (Å²) >= 11 is 1.48. The fourth-order valence-corrected chi connectivity index (χ4v) is 2.37. The molecule has 0 aliphatic heterocycles. The third-order valence-electron chi connectivity index (χ3n) is 2.18. The number of pyridine rings is 1. The van der Waals surface area contributed by atoms with Crippen LogP contribution < -0.4 is 11.3 Å². The number of carbonyl (C=O) groups is 1. The lowest BCUT2D eigenvalue weighted by Gasteiger charge is -2.06. The molecule has 0 aromatic carbocycles. The van der Waals surface area contributed by atoms with Crippen molar-refractivity contribution >= 4 is 33.2 Å². The van der Waals surface area contributed by atoms with Crippen molar-refractivity contribution in [3.8, 4) is 0 Å². The Morgan fingerprint density at radius 1 is 1.67 bits per heavy atom. The average Bonchev–Trinajstić information content (AvgIpc) is 2.67. The quantitative estimate of drug-likeness (QED) is 0.531. The summed E-state index contributed by atoms with van der Waals surface area (Å²) in [6.45, 7) is 1.75. The minimum absolute atomic E-state index is 0.0397. The van der Waals surface area contributed by atoms with E-state index in [2.05, 4.69) is 10.4 Å². The number of aromatic nitrogens is 1. The van der Waals surface area contributed by atoms with E-state index in [1.165, 1.54) is 11.3 Å². The molecule has 0 radical (unpaired) electrons. The minimum Gasteiger partial charge on any atom is -0.477 e. The van der Waals surface area contributed by atoms with Crippen molar-refractivity contribution in [3.05, 3.63) is 22.7 Å². The first-order valence-electron chi connectivity index (χ1n) is 4.23. The molecular weight excluding hydrogens is 214 g/mol. The SMILES string of the molecule is Cc1c(C(=O)O)nc(NN)c2ccsc12.